The van der Waals surface area contributed by atoms with Gasteiger partial charge >= 0.3 is 0 Å². The lowest BCUT2D eigenvalue weighted by atomic mass is 9.84. The molecule has 0 radical (unpaired) electrons. The van der Waals surface area contributed by atoms with Crippen LogP contribution in [0.15, 0.2) is 18.2 Å². The minimum absolute atomic E-state index is 0.124. The Hall–Kier alpha value is -2.34. The topological polar surface area (TPSA) is 59.7 Å². The molecule has 6 heteroatoms. The average Bonchev–Trinajstić information content (AvgIpc) is 3.09. The molecule has 5 rings (SSSR count). The van der Waals surface area contributed by atoms with Crippen molar-refractivity contribution in [1.29, 1.82) is 0 Å². The van der Waals surface area contributed by atoms with Gasteiger partial charge in [0.2, 0.25) is 5.91 Å². The van der Waals surface area contributed by atoms with Gasteiger partial charge in [0.1, 0.15) is 0 Å². The Kier molecular flexibility index (Phi) is 5.51. The largest absolute Gasteiger partial charge is 0.358 e. The molecular weight excluding hydrogens is 388 g/mol. The van der Waals surface area contributed by atoms with Crippen LogP contribution in [0.25, 0.3) is 10.9 Å². The van der Waals surface area contributed by atoms with Crippen molar-refractivity contribution < 1.29 is 9.59 Å². The summed E-state index contributed by atoms with van der Waals surface area (Å²) in [6, 6.07) is 6.03. The highest BCUT2D eigenvalue weighted by atomic mass is 16.2. The van der Waals surface area contributed by atoms with Crippen molar-refractivity contribution in [3.05, 3.63) is 35.0 Å². The second-order valence-corrected chi connectivity index (χ2v) is 9.97. The zero-order valence-electron chi connectivity index (χ0n) is 18.8. The maximum atomic E-state index is 13.2. The summed E-state index contributed by atoms with van der Waals surface area (Å²) in [7, 11) is 0. The summed E-state index contributed by atoms with van der Waals surface area (Å²) in [6.07, 6.45) is 4.13. The van der Waals surface area contributed by atoms with Gasteiger partial charge < -0.3 is 14.8 Å². The maximum absolute atomic E-state index is 13.2. The maximum Gasteiger partial charge on any atom is 0.253 e. The van der Waals surface area contributed by atoms with Gasteiger partial charge in [-0.15, -0.1) is 0 Å². The first kappa shape index (κ1) is 20.6. The van der Waals surface area contributed by atoms with Crippen molar-refractivity contribution in [2.75, 3.05) is 39.3 Å². The molecule has 2 aliphatic heterocycles. The van der Waals surface area contributed by atoms with Crippen molar-refractivity contribution in [1.82, 2.24) is 19.7 Å². The van der Waals surface area contributed by atoms with E-state index in [2.05, 4.69) is 23.7 Å². The first-order chi connectivity index (χ1) is 15.0. The van der Waals surface area contributed by atoms with E-state index in [1.807, 2.05) is 28.0 Å². The van der Waals surface area contributed by atoms with E-state index in [4.69, 9.17) is 0 Å². The zero-order chi connectivity index (χ0) is 21.5. The van der Waals surface area contributed by atoms with Crippen LogP contribution in [0.5, 0.6) is 0 Å². The quantitative estimate of drug-likeness (QED) is 0.823. The zero-order valence-corrected chi connectivity index (χ0v) is 18.8. The number of hydrogen-bond donors (Lipinski definition) is 1. The molecule has 0 bridgehead atoms. The molecule has 6 nitrogen and oxygen atoms in total. The molecule has 1 N–H and O–H groups in total. The van der Waals surface area contributed by atoms with E-state index in [9.17, 15) is 9.59 Å². The first-order valence-electron chi connectivity index (χ1n) is 11.9. The Balaban J connectivity index is 1.32. The average molecular weight is 423 g/mol. The van der Waals surface area contributed by atoms with Crippen molar-refractivity contribution in [2.24, 2.45) is 11.8 Å². The van der Waals surface area contributed by atoms with Crippen molar-refractivity contribution >= 4 is 22.7 Å². The van der Waals surface area contributed by atoms with Gasteiger partial charge in [-0.25, -0.2) is 0 Å². The molecule has 0 unspecified atom stereocenters. The molecule has 2 amide bonds. The lowest BCUT2D eigenvalue weighted by molar-refractivity contribution is -0.139. The van der Waals surface area contributed by atoms with Crippen LogP contribution in [0.3, 0.4) is 0 Å². The number of H-pyrrole nitrogens is 1. The molecule has 1 saturated carbocycles. The molecule has 2 aromatic rings. The number of amides is 2. The third-order valence-corrected chi connectivity index (χ3v) is 7.27. The Morgan fingerprint density at radius 1 is 1.06 bits per heavy atom. The number of carbonyl (C=O) groups excluding carboxylic acids is 2. The third kappa shape index (κ3) is 3.98. The Morgan fingerprint density at radius 3 is 2.52 bits per heavy atom. The predicted octanol–water partition coefficient (Wildman–Crippen LogP) is 3.27. The molecule has 1 aliphatic carbocycles. The van der Waals surface area contributed by atoms with Crippen LogP contribution in [0, 0.1) is 11.8 Å². The molecule has 0 spiro atoms. The second kappa shape index (κ2) is 8.30. The van der Waals surface area contributed by atoms with Crippen LogP contribution < -0.4 is 0 Å². The first-order valence-corrected chi connectivity index (χ1v) is 11.9. The summed E-state index contributed by atoms with van der Waals surface area (Å²) in [5, 5.41) is 1.10. The molecule has 2 fully saturated rings. The fourth-order valence-electron chi connectivity index (χ4n) is 5.28. The number of benzene rings is 1. The van der Waals surface area contributed by atoms with Crippen LogP contribution in [-0.4, -0.2) is 70.8 Å². The fourth-order valence-corrected chi connectivity index (χ4v) is 5.28. The number of hydrogen-bond acceptors (Lipinski definition) is 3. The highest BCUT2D eigenvalue weighted by Gasteiger charge is 2.32. The van der Waals surface area contributed by atoms with Crippen molar-refractivity contribution in [3.63, 3.8) is 0 Å². The Bertz CT molecular complexity index is 983. The number of carbonyl (C=O) groups is 2. The number of nitrogens with zero attached hydrogens (tertiary/aromatic N) is 3. The summed E-state index contributed by atoms with van der Waals surface area (Å²) in [4.78, 5) is 36.0. The predicted molar refractivity (Wildman–Crippen MR) is 122 cm³/mol. The van der Waals surface area contributed by atoms with Crippen LogP contribution in [0.1, 0.15) is 54.7 Å². The number of nitrogens with one attached hydrogen (secondary N) is 1. The highest BCUT2D eigenvalue weighted by molar-refractivity contribution is 5.99. The molecule has 1 aromatic carbocycles. The normalized spacial score (nSPS) is 20.2. The Labute approximate surface area is 184 Å². The van der Waals surface area contributed by atoms with Gasteiger partial charge in [-0.05, 0) is 37.0 Å². The van der Waals surface area contributed by atoms with Crippen LogP contribution in [0.2, 0.25) is 0 Å². The number of aromatic amines is 1. The van der Waals surface area contributed by atoms with E-state index in [1.165, 1.54) is 17.7 Å². The van der Waals surface area contributed by atoms with Crippen LogP contribution in [-0.2, 0) is 17.8 Å². The standard InChI is InChI=1S/C25H34N4O2/c1-17(2)15-27-10-12-28(13-11-27)25(31)19-6-7-22-20(14-19)21-16-29(9-8-23(21)26-22)24(30)18-4-3-5-18/h6-7,14,17-18,26H,3-5,8-13,15-16H2,1-2H3. The minimum Gasteiger partial charge on any atom is -0.358 e. The van der Waals surface area contributed by atoms with Crippen molar-refractivity contribution in [2.45, 2.75) is 46.1 Å². The van der Waals surface area contributed by atoms with Crippen LogP contribution >= 0.6 is 0 Å². The highest BCUT2D eigenvalue weighted by Crippen LogP contribution is 2.33. The molecule has 1 aromatic heterocycles. The van der Waals surface area contributed by atoms with Gasteiger partial charge in [0.25, 0.3) is 5.91 Å². The lowest BCUT2D eigenvalue weighted by Gasteiger charge is -2.35. The van der Waals surface area contributed by atoms with Crippen molar-refractivity contribution in [3.8, 4) is 0 Å². The molecule has 1 saturated heterocycles. The van der Waals surface area contributed by atoms with E-state index in [1.54, 1.807) is 0 Å². The van der Waals surface area contributed by atoms with E-state index >= 15 is 0 Å². The van der Waals surface area contributed by atoms with E-state index in [0.29, 0.717) is 18.4 Å². The molecular formula is C25H34N4O2. The number of aromatic nitrogens is 1. The number of rotatable bonds is 4. The van der Waals surface area contributed by atoms with E-state index in [0.717, 1.165) is 75.0 Å². The summed E-state index contributed by atoms with van der Waals surface area (Å²) in [6.45, 7) is 10.5. The summed E-state index contributed by atoms with van der Waals surface area (Å²) in [5.41, 5.74) is 4.25. The smallest absolute Gasteiger partial charge is 0.253 e. The van der Waals surface area contributed by atoms with E-state index < -0.39 is 0 Å². The molecule has 166 valence electrons. The number of fused-ring (bicyclic) bond motifs is 3. The van der Waals surface area contributed by atoms with Gasteiger partial charge in [0.15, 0.2) is 0 Å². The Morgan fingerprint density at radius 2 is 1.84 bits per heavy atom. The lowest BCUT2D eigenvalue weighted by Crippen LogP contribution is -2.49. The molecule has 31 heavy (non-hydrogen) atoms. The summed E-state index contributed by atoms with van der Waals surface area (Å²) >= 11 is 0. The van der Waals surface area contributed by atoms with Gasteiger partial charge in [-0.3, -0.25) is 14.5 Å². The molecule has 3 aliphatic rings. The number of piperazine rings is 1. The van der Waals surface area contributed by atoms with Gasteiger partial charge in [0, 0.05) is 85.9 Å². The van der Waals surface area contributed by atoms with E-state index in [-0.39, 0.29) is 11.8 Å². The molecule has 3 heterocycles. The molecule has 0 atom stereocenters. The second-order valence-electron chi connectivity index (χ2n) is 9.97. The minimum atomic E-state index is 0.124. The van der Waals surface area contributed by atoms with Gasteiger partial charge in [-0.2, -0.15) is 0 Å². The van der Waals surface area contributed by atoms with Crippen LogP contribution in [0.4, 0.5) is 0 Å². The summed E-state index contributed by atoms with van der Waals surface area (Å²) in [5.74, 6) is 1.33. The van der Waals surface area contributed by atoms with Gasteiger partial charge in [-0.1, -0.05) is 20.3 Å². The van der Waals surface area contributed by atoms with Gasteiger partial charge in [0.05, 0.1) is 0 Å². The monoisotopic (exact) mass is 422 g/mol. The fraction of sp³-hybridized carbons (Fsp3) is 0.600. The SMILES string of the molecule is CC(C)CN1CCN(C(=O)c2ccc3[nH]c4c(c3c2)CN(C(=O)C2CCC2)CC4)CC1. The summed E-state index contributed by atoms with van der Waals surface area (Å²) < 4.78 is 0. The third-order valence-electron chi connectivity index (χ3n) is 7.27.